The second-order valence-corrected chi connectivity index (χ2v) is 9.19. The fraction of sp³-hybridized carbons (Fsp3) is 0.480. The molecule has 0 aliphatic carbocycles. The molecule has 11 nitrogen and oxygen atoms in total. The number of thiazole rings is 1. The van der Waals surface area contributed by atoms with Gasteiger partial charge in [0.2, 0.25) is 0 Å². The summed E-state index contributed by atoms with van der Waals surface area (Å²) in [6.07, 6.45) is 0.601. The molecule has 1 atom stereocenters. The molecule has 0 radical (unpaired) electrons. The molecule has 0 saturated carbocycles. The molecule has 1 unspecified atom stereocenters. The van der Waals surface area contributed by atoms with Crippen molar-refractivity contribution in [2.75, 3.05) is 39.9 Å². The minimum Gasteiger partial charge on any atom is -0.497 e. The molecule has 2 amide bonds. The van der Waals surface area contributed by atoms with Gasteiger partial charge in [-0.05, 0) is 25.0 Å². The number of carbonyl (C=O) groups excluding carboxylic acids is 4. The van der Waals surface area contributed by atoms with E-state index < -0.39 is 30.0 Å². The molecule has 1 aliphatic heterocycles. The molecule has 37 heavy (non-hydrogen) atoms. The van der Waals surface area contributed by atoms with Crippen LogP contribution in [0.15, 0.2) is 29.6 Å². The van der Waals surface area contributed by atoms with Gasteiger partial charge in [0.25, 0.3) is 5.91 Å². The molecular formula is C25H32N4O7S. The number of unbranched alkanes of at least 4 members (excludes halogenated alkanes) is 1. The number of aromatic nitrogens is 1. The molecule has 1 aromatic heterocycles. The first-order valence-corrected chi connectivity index (χ1v) is 13.1. The van der Waals surface area contributed by atoms with E-state index in [0.29, 0.717) is 36.9 Å². The number of hydrogen-bond donors (Lipinski definition) is 2. The van der Waals surface area contributed by atoms with Gasteiger partial charge in [0.1, 0.15) is 22.5 Å². The lowest BCUT2D eigenvalue weighted by Gasteiger charge is -2.26. The van der Waals surface area contributed by atoms with Crippen molar-refractivity contribution in [2.45, 2.75) is 38.6 Å². The highest BCUT2D eigenvalue weighted by Crippen LogP contribution is 2.27. The van der Waals surface area contributed by atoms with Crippen molar-refractivity contribution in [1.29, 1.82) is 0 Å². The number of rotatable bonds is 11. The third kappa shape index (κ3) is 8.53. The summed E-state index contributed by atoms with van der Waals surface area (Å²) in [6.45, 7) is 4.24. The van der Waals surface area contributed by atoms with E-state index in [1.54, 1.807) is 24.6 Å². The maximum absolute atomic E-state index is 13.0. The molecule has 200 valence electrons. The molecule has 1 saturated heterocycles. The number of nitrogens with zero attached hydrogens (tertiary/aromatic N) is 2. The lowest BCUT2D eigenvalue weighted by molar-refractivity contribution is -0.144. The molecular weight excluding hydrogens is 500 g/mol. The van der Waals surface area contributed by atoms with Crippen LogP contribution in [0.25, 0.3) is 10.6 Å². The Labute approximate surface area is 219 Å². The van der Waals surface area contributed by atoms with Crippen molar-refractivity contribution in [1.82, 2.24) is 20.5 Å². The summed E-state index contributed by atoms with van der Waals surface area (Å²) in [4.78, 5) is 56.1. The van der Waals surface area contributed by atoms with E-state index in [4.69, 9.17) is 14.2 Å². The van der Waals surface area contributed by atoms with Gasteiger partial charge in [0, 0.05) is 43.5 Å². The Hall–Kier alpha value is -3.51. The van der Waals surface area contributed by atoms with Crippen LogP contribution < -0.4 is 15.4 Å². The van der Waals surface area contributed by atoms with Crippen LogP contribution in [0.3, 0.4) is 0 Å². The molecule has 0 bridgehead atoms. The van der Waals surface area contributed by atoms with Gasteiger partial charge >= 0.3 is 18.0 Å². The van der Waals surface area contributed by atoms with E-state index >= 15 is 0 Å². The number of benzene rings is 1. The highest BCUT2D eigenvalue weighted by Gasteiger charge is 2.29. The highest BCUT2D eigenvalue weighted by atomic mass is 32.1. The standard InChI is InChI=1S/C25H32N4O7S/c1-3-4-14-35-21(30)9-8-19(24(32)36-25(33)29-12-10-26-11-13-29)27-22(31)20-16-37-23(28-20)17-6-5-7-18(15-17)34-2/h5-7,15-16,19,26H,3-4,8-14H2,1-2H3,(H,27,31). The molecule has 2 N–H and O–H groups in total. The van der Waals surface area contributed by atoms with E-state index in [2.05, 4.69) is 15.6 Å². The molecule has 0 spiro atoms. The first-order chi connectivity index (χ1) is 17.9. The van der Waals surface area contributed by atoms with E-state index in [1.165, 1.54) is 16.2 Å². The Kier molecular flexibility index (Phi) is 10.8. The molecule has 1 aliphatic rings. The van der Waals surface area contributed by atoms with Gasteiger partial charge < -0.3 is 29.7 Å². The molecule has 12 heteroatoms. The molecule has 1 aromatic carbocycles. The van der Waals surface area contributed by atoms with Gasteiger partial charge in [-0.2, -0.15) is 0 Å². The number of nitrogens with one attached hydrogen (secondary N) is 2. The van der Waals surface area contributed by atoms with Gasteiger partial charge in [-0.25, -0.2) is 14.6 Å². The van der Waals surface area contributed by atoms with Crippen LogP contribution in [-0.4, -0.2) is 79.8 Å². The fourth-order valence-corrected chi connectivity index (χ4v) is 4.28. The maximum atomic E-state index is 13.0. The molecule has 1 fully saturated rings. The SMILES string of the molecule is CCCCOC(=O)CCC(NC(=O)c1csc(-c2cccc(OC)c2)n1)C(=O)OC(=O)N1CCNCC1. The van der Waals surface area contributed by atoms with Crippen LogP contribution in [0.4, 0.5) is 4.79 Å². The summed E-state index contributed by atoms with van der Waals surface area (Å²) < 4.78 is 15.4. The third-order valence-electron chi connectivity index (χ3n) is 5.60. The topological polar surface area (TPSA) is 136 Å². The lowest BCUT2D eigenvalue weighted by Crippen LogP contribution is -2.49. The van der Waals surface area contributed by atoms with Crippen molar-refractivity contribution in [2.24, 2.45) is 0 Å². The summed E-state index contributed by atoms with van der Waals surface area (Å²) in [5.74, 6) is -1.41. The molecule has 2 aromatic rings. The van der Waals surface area contributed by atoms with Crippen molar-refractivity contribution in [3.05, 3.63) is 35.3 Å². The average Bonchev–Trinajstić information content (AvgIpc) is 3.42. The minimum atomic E-state index is -1.24. The summed E-state index contributed by atoms with van der Waals surface area (Å²) in [7, 11) is 1.56. The van der Waals surface area contributed by atoms with Crippen LogP contribution in [0.1, 0.15) is 43.1 Å². The zero-order valence-corrected chi connectivity index (χ0v) is 21.8. The monoisotopic (exact) mass is 532 g/mol. The Morgan fingerprint density at radius 3 is 2.73 bits per heavy atom. The van der Waals surface area contributed by atoms with Crippen LogP contribution in [0.2, 0.25) is 0 Å². The van der Waals surface area contributed by atoms with Crippen molar-refractivity contribution in [3.63, 3.8) is 0 Å². The van der Waals surface area contributed by atoms with E-state index in [-0.39, 0.29) is 25.1 Å². The van der Waals surface area contributed by atoms with E-state index in [9.17, 15) is 19.2 Å². The quantitative estimate of drug-likeness (QED) is 0.254. The van der Waals surface area contributed by atoms with Crippen molar-refractivity contribution < 1.29 is 33.4 Å². The van der Waals surface area contributed by atoms with Crippen LogP contribution in [0.5, 0.6) is 5.75 Å². The van der Waals surface area contributed by atoms with E-state index in [1.807, 2.05) is 19.1 Å². The normalized spacial score (nSPS) is 13.9. The Bertz CT molecular complexity index is 1080. The third-order valence-corrected chi connectivity index (χ3v) is 6.50. The zero-order chi connectivity index (χ0) is 26.6. The Balaban J connectivity index is 1.67. The summed E-state index contributed by atoms with van der Waals surface area (Å²) >= 11 is 1.26. The van der Waals surface area contributed by atoms with Gasteiger partial charge in [-0.3, -0.25) is 9.59 Å². The van der Waals surface area contributed by atoms with E-state index in [0.717, 1.165) is 18.4 Å². The number of esters is 2. The predicted molar refractivity (Wildman–Crippen MR) is 136 cm³/mol. The summed E-state index contributed by atoms with van der Waals surface area (Å²) in [5.41, 5.74) is 0.871. The van der Waals surface area contributed by atoms with Gasteiger partial charge in [-0.1, -0.05) is 25.5 Å². The lowest BCUT2D eigenvalue weighted by atomic mass is 10.1. The molecule has 3 rings (SSSR count). The van der Waals surface area contributed by atoms with Crippen molar-refractivity contribution >= 4 is 35.3 Å². The largest absolute Gasteiger partial charge is 0.497 e. The zero-order valence-electron chi connectivity index (χ0n) is 21.0. The fourth-order valence-electron chi connectivity index (χ4n) is 3.48. The number of hydrogen-bond acceptors (Lipinski definition) is 10. The molecule has 2 heterocycles. The summed E-state index contributed by atoms with van der Waals surface area (Å²) in [6, 6.07) is 6.02. The maximum Gasteiger partial charge on any atom is 0.417 e. The average molecular weight is 533 g/mol. The first-order valence-electron chi connectivity index (χ1n) is 12.2. The van der Waals surface area contributed by atoms with Gasteiger partial charge in [0.05, 0.1) is 13.7 Å². The van der Waals surface area contributed by atoms with Gasteiger partial charge in [-0.15, -0.1) is 11.3 Å². The van der Waals surface area contributed by atoms with Crippen LogP contribution in [-0.2, 0) is 19.1 Å². The van der Waals surface area contributed by atoms with Crippen LogP contribution >= 0.6 is 11.3 Å². The minimum absolute atomic E-state index is 0.0861. The Morgan fingerprint density at radius 1 is 1.22 bits per heavy atom. The highest BCUT2D eigenvalue weighted by molar-refractivity contribution is 7.13. The van der Waals surface area contributed by atoms with Crippen molar-refractivity contribution in [3.8, 4) is 16.3 Å². The second kappa shape index (κ2) is 14.3. The van der Waals surface area contributed by atoms with Gasteiger partial charge in [0.15, 0.2) is 0 Å². The number of methoxy groups -OCH3 is 1. The predicted octanol–water partition coefficient (Wildman–Crippen LogP) is 2.61. The first kappa shape index (κ1) is 28.1. The second-order valence-electron chi connectivity index (χ2n) is 8.33. The number of amides is 2. The Morgan fingerprint density at radius 2 is 2.00 bits per heavy atom. The number of piperazine rings is 1. The smallest absolute Gasteiger partial charge is 0.417 e. The van der Waals surface area contributed by atoms with Crippen LogP contribution in [0, 0.1) is 0 Å². The summed E-state index contributed by atoms with van der Waals surface area (Å²) in [5, 5.41) is 7.84. The number of ether oxygens (including phenoxy) is 3. The number of carbonyl (C=O) groups is 4.